The molecule has 0 saturated carbocycles. The Morgan fingerprint density at radius 2 is 2.00 bits per heavy atom. The number of unbranched alkanes of at least 4 members (excludes halogenated alkanes) is 1. The van der Waals surface area contributed by atoms with Crippen LogP contribution in [0.15, 0.2) is 41.5 Å². The summed E-state index contributed by atoms with van der Waals surface area (Å²) in [4.78, 5) is 39.1. The Bertz CT molecular complexity index is 976. The van der Waals surface area contributed by atoms with E-state index in [1.165, 1.54) is 12.0 Å². The summed E-state index contributed by atoms with van der Waals surface area (Å²) in [6.45, 7) is 3.53. The van der Waals surface area contributed by atoms with Gasteiger partial charge in [0.05, 0.1) is 13.7 Å². The molecule has 1 aromatic rings. The zero-order chi connectivity index (χ0) is 25.4. The van der Waals surface area contributed by atoms with Crippen LogP contribution in [0.2, 0.25) is 0 Å². The van der Waals surface area contributed by atoms with Crippen LogP contribution in [-0.4, -0.2) is 65.5 Å². The minimum atomic E-state index is -0.861. The first kappa shape index (κ1) is 26.8. The monoisotopic (exact) mass is 504 g/mol. The number of amides is 2. The third-order valence-corrected chi connectivity index (χ3v) is 6.56. The molecule has 2 amide bonds. The van der Waals surface area contributed by atoms with Gasteiger partial charge in [0.25, 0.3) is 0 Å². The highest BCUT2D eigenvalue weighted by Gasteiger charge is 2.33. The molecule has 8 nitrogen and oxygen atoms in total. The van der Waals surface area contributed by atoms with E-state index in [0.717, 1.165) is 18.4 Å². The summed E-state index contributed by atoms with van der Waals surface area (Å²) in [5, 5.41) is 10.7. The number of imide groups is 1. The first-order valence-electron chi connectivity index (χ1n) is 12.0. The van der Waals surface area contributed by atoms with Gasteiger partial charge in [-0.15, -0.1) is 0 Å². The number of hydrogen-bond donors (Lipinski definition) is 1. The van der Waals surface area contributed by atoms with E-state index in [2.05, 4.69) is 6.92 Å². The second kappa shape index (κ2) is 12.7. The van der Waals surface area contributed by atoms with E-state index in [1.54, 1.807) is 12.1 Å². The number of hydrogen-bond acceptors (Lipinski definition) is 6. The van der Waals surface area contributed by atoms with E-state index in [1.807, 2.05) is 29.2 Å². The van der Waals surface area contributed by atoms with Crippen molar-refractivity contribution < 1.29 is 29.0 Å². The molecular formula is C26H33ClN2O6. The molecule has 0 radical (unpaired) electrons. The topological polar surface area (TPSA) is 96.4 Å². The number of carbonyl (C=O) groups excluding carboxylic acids is 2. The number of ether oxygens (including phenoxy) is 2. The third-order valence-electron chi connectivity index (χ3n) is 6.28. The zero-order valence-electron chi connectivity index (χ0n) is 20.2. The Labute approximate surface area is 211 Å². The molecule has 2 aliphatic rings. The van der Waals surface area contributed by atoms with Gasteiger partial charge in [-0.3, -0.25) is 24.2 Å². The molecule has 2 unspecified atom stereocenters. The second-order valence-electron chi connectivity index (χ2n) is 8.73. The fourth-order valence-corrected chi connectivity index (χ4v) is 4.58. The van der Waals surface area contributed by atoms with Crippen molar-refractivity contribution in [2.75, 3.05) is 26.8 Å². The molecule has 1 saturated heterocycles. The van der Waals surface area contributed by atoms with E-state index in [4.69, 9.17) is 21.1 Å². The van der Waals surface area contributed by atoms with E-state index < -0.39 is 12.0 Å². The van der Waals surface area contributed by atoms with Crippen molar-refractivity contribution in [2.24, 2.45) is 5.92 Å². The lowest BCUT2D eigenvalue weighted by atomic mass is 9.91. The van der Waals surface area contributed by atoms with Gasteiger partial charge in [-0.1, -0.05) is 43.2 Å². The van der Waals surface area contributed by atoms with Gasteiger partial charge in [0.15, 0.2) is 11.5 Å². The Balaban J connectivity index is 1.71. The van der Waals surface area contributed by atoms with E-state index in [9.17, 15) is 19.5 Å². The van der Waals surface area contributed by atoms with Crippen LogP contribution in [-0.2, 0) is 20.9 Å². The minimum absolute atomic E-state index is 0.168. The number of benzene rings is 1. The number of carboxylic acids is 1. The fraction of sp³-hybridized carbons (Fsp3) is 0.500. The average Bonchev–Trinajstić information content (AvgIpc) is 3.16. The summed E-state index contributed by atoms with van der Waals surface area (Å²) in [5.41, 5.74) is 0.898. The van der Waals surface area contributed by atoms with Gasteiger partial charge in [0, 0.05) is 30.3 Å². The quantitative estimate of drug-likeness (QED) is 0.406. The molecule has 0 bridgehead atoms. The Kier molecular flexibility index (Phi) is 9.74. The fourth-order valence-electron chi connectivity index (χ4n) is 4.42. The molecule has 1 aliphatic carbocycles. The first-order chi connectivity index (χ1) is 16.8. The highest BCUT2D eigenvalue weighted by Crippen LogP contribution is 2.31. The van der Waals surface area contributed by atoms with Crippen molar-refractivity contribution in [3.63, 3.8) is 0 Å². The molecule has 9 heteroatoms. The predicted octanol–water partition coefficient (Wildman–Crippen LogP) is 3.98. The van der Waals surface area contributed by atoms with Gasteiger partial charge < -0.3 is 14.6 Å². The maximum Gasteiger partial charge on any atom is 0.321 e. The molecule has 1 aliphatic heterocycles. The number of methoxy groups -OCH3 is 1. The van der Waals surface area contributed by atoms with Crippen molar-refractivity contribution in [1.82, 2.24) is 9.80 Å². The molecule has 3 rings (SSSR count). The van der Waals surface area contributed by atoms with Gasteiger partial charge in [-0.2, -0.15) is 0 Å². The van der Waals surface area contributed by atoms with Crippen LogP contribution in [0.4, 0.5) is 0 Å². The van der Waals surface area contributed by atoms with E-state index >= 15 is 0 Å². The van der Waals surface area contributed by atoms with Crippen LogP contribution in [0.5, 0.6) is 11.5 Å². The summed E-state index contributed by atoms with van der Waals surface area (Å²) >= 11 is 6.05. The van der Waals surface area contributed by atoms with Crippen molar-refractivity contribution >= 4 is 29.4 Å². The summed E-state index contributed by atoms with van der Waals surface area (Å²) in [6.07, 6.45) is 8.42. The van der Waals surface area contributed by atoms with Crippen LogP contribution in [0.25, 0.3) is 0 Å². The van der Waals surface area contributed by atoms with Gasteiger partial charge in [-0.05, 0) is 43.2 Å². The zero-order valence-corrected chi connectivity index (χ0v) is 21.0. The Morgan fingerprint density at radius 1 is 1.26 bits per heavy atom. The average molecular weight is 505 g/mol. The molecular weight excluding hydrogens is 472 g/mol. The standard InChI is InChI=1S/C26H33ClN2O6/c1-3-4-13-28(25(26(32)33)19-6-8-20(27)9-7-19)17-18-5-10-21(22(16-18)34-2)35-15-14-29-23(30)11-12-24(29)31/h5-6,8-10,16,19,25H,3-4,7,11-15,17H2,1-2H3,(H,32,33). The number of nitrogens with zero attached hydrogens (tertiary/aromatic N) is 2. The molecule has 35 heavy (non-hydrogen) atoms. The van der Waals surface area contributed by atoms with Crippen LogP contribution in [0.1, 0.15) is 44.6 Å². The normalized spacial score (nSPS) is 18.7. The molecule has 190 valence electrons. The molecule has 1 heterocycles. The SMILES string of the molecule is CCCCN(Cc1ccc(OCCN2C(=O)CCC2=O)c(OC)c1)C(C(=O)O)C1C=CC(Cl)=CC1. The Morgan fingerprint density at radius 3 is 2.60 bits per heavy atom. The summed E-state index contributed by atoms with van der Waals surface area (Å²) in [6, 6.07) is 4.82. The maximum absolute atomic E-state index is 12.3. The first-order valence-corrected chi connectivity index (χ1v) is 12.4. The molecule has 1 aromatic carbocycles. The minimum Gasteiger partial charge on any atom is -0.493 e. The predicted molar refractivity (Wildman–Crippen MR) is 132 cm³/mol. The number of likely N-dealkylation sites (tertiary alicyclic amines) is 1. The van der Waals surface area contributed by atoms with Crippen molar-refractivity contribution in [1.29, 1.82) is 0 Å². The van der Waals surface area contributed by atoms with Gasteiger partial charge in [-0.25, -0.2) is 0 Å². The van der Waals surface area contributed by atoms with Crippen molar-refractivity contribution in [3.05, 3.63) is 47.0 Å². The van der Waals surface area contributed by atoms with Crippen molar-refractivity contribution in [2.45, 2.75) is 51.6 Å². The highest BCUT2D eigenvalue weighted by atomic mass is 35.5. The summed E-state index contributed by atoms with van der Waals surface area (Å²) in [5.74, 6) is -0.373. The number of aliphatic carboxylic acids is 1. The highest BCUT2D eigenvalue weighted by molar-refractivity contribution is 6.31. The van der Waals surface area contributed by atoms with E-state index in [0.29, 0.717) is 36.0 Å². The number of carboxylic acid groups (broad SMARTS) is 1. The second-order valence-corrected chi connectivity index (χ2v) is 9.16. The summed E-state index contributed by atoms with van der Waals surface area (Å²) in [7, 11) is 1.54. The molecule has 0 spiro atoms. The van der Waals surface area contributed by atoms with Crippen LogP contribution < -0.4 is 9.47 Å². The lowest BCUT2D eigenvalue weighted by molar-refractivity contribution is -0.145. The smallest absolute Gasteiger partial charge is 0.321 e. The maximum atomic E-state index is 12.3. The van der Waals surface area contributed by atoms with Crippen LogP contribution >= 0.6 is 11.6 Å². The lowest BCUT2D eigenvalue weighted by Crippen LogP contribution is -2.46. The Hall–Kier alpha value is -2.84. The number of carbonyl (C=O) groups is 3. The van der Waals surface area contributed by atoms with Crippen molar-refractivity contribution in [3.8, 4) is 11.5 Å². The number of halogens is 1. The molecule has 2 atom stereocenters. The van der Waals surface area contributed by atoms with E-state index in [-0.39, 0.29) is 43.7 Å². The summed E-state index contributed by atoms with van der Waals surface area (Å²) < 4.78 is 11.3. The largest absolute Gasteiger partial charge is 0.493 e. The molecule has 1 N–H and O–H groups in total. The molecule has 1 fully saturated rings. The van der Waals surface area contributed by atoms with Gasteiger partial charge in [0.2, 0.25) is 11.8 Å². The third kappa shape index (κ3) is 7.08. The van der Waals surface area contributed by atoms with Crippen LogP contribution in [0.3, 0.4) is 0 Å². The molecule has 0 aromatic heterocycles. The number of allylic oxidation sites excluding steroid dienone is 3. The van der Waals surface area contributed by atoms with Gasteiger partial charge >= 0.3 is 5.97 Å². The number of rotatable bonds is 13. The van der Waals surface area contributed by atoms with Crippen LogP contribution in [0, 0.1) is 5.92 Å². The van der Waals surface area contributed by atoms with Gasteiger partial charge in [0.1, 0.15) is 12.6 Å². The lowest BCUT2D eigenvalue weighted by Gasteiger charge is -2.34.